The topological polar surface area (TPSA) is 113 Å². The highest BCUT2D eigenvalue weighted by Crippen LogP contribution is 2.24. The SMILES string of the molecule is C=CS(=O)(=O)NCC1CCN(S(=O)(=O)c2ccc(CC(=O)N3CCOCC3)cc2)C1. The minimum absolute atomic E-state index is 0.00160. The van der Waals surface area contributed by atoms with E-state index in [1.807, 2.05) is 0 Å². The fraction of sp³-hybridized carbons (Fsp3) is 0.526. The Balaban J connectivity index is 1.58. The Morgan fingerprint density at radius 1 is 1.13 bits per heavy atom. The third kappa shape index (κ3) is 5.67. The molecule has 1 aromatic rings. The van der Waals surface area contributed by atoms with Crippen LogP contribution in [0.25, 0.3) is 0 Å². The minimum Gasteiger partial charge on any atom is -0.378 e. The highest BCUT2D eigenvalue weighted by Gasteiger charge is 2.32. The lowest BCUT2D eigenvalue weighted by Crippen LogP contribution is -2.41. The number of nitrogens with one attached hydrogen (secondary N) is 1. The maximum Gasteiger partial charge on any atom is 0.243 e. The van der Waals surface area contributed by atoms with Crippen LogP contribution in [0.4, 0.5) is 0 Å². The summed E-state index contributed by atoms with van der Waals surface area (Å²) in [5.74, 6) is -0.0989. The molecule has 3 rings (SSSR count). The first-order chi connectivity index (χ1) is 14.2. The fourth-order valence-corrected chi connectivity index (χ4v) is 5.62. The van der Waals surface area contributed by atoms with Crippen LogP contribution in [-0.4, -0.2) is 77.9 Å². The van der Waals surface area contributed by atoms with Crippen molar-refractivity contribution >= 4 is 26.0 Å². The summed E-state index contributed by atoms with van der Waals surface area (Å²) in [5, 5.41) is 0.835. The molecular formula is C19H27N3O6S2. The first-order valence-corrected chi connectivity index (χ1v) is 12.8. The van der Waals surface area contributed by atoms with Crippen molar-refractivity contribution in [2.75, 3.05) is 45.9 Å². The lowest BCUT2D eigenvalue weighted by molar-refractivity contribution is -0.134. The van der Waals surface area contributed by atoms with E-state index in [1.165, 1.54) is 16.4 Å². The Kier molecular flexibility index (Phi) is 7.30. The Labute approximate surface area is 177 Å². The van der Waals surface area contributed by atoms with E-state index in [4.69, 9.17) is 4.74 Å². The molecule has 1 amide bonds. The van der Waals surface area contributed by atoms with Gasteiger partial charge in [0.15, 0.2) is 0 Å². The smallest absolute Gasteiger partial charge is 0.243 e. The molecule has 0 aromatic heterocycles. The van der Waals surface area contributed by atoms with E-state index in [2.05, 4.69) is 11.3 Å². The van der Waals surface area contributed by atoms with E-state index < -0.39 is 20.0 Å². The predicted octanol–water partition coefficient (Wildman–Crippen LogP) is 0.161. The number of nitrogens with zero attached hydrogens (tertiary/aromatic N) is 2. The van der Waals surface area contributed by atoms with Gasteiger partial charge >= 0.3 is 0 Å². The van der Waals surface area contributed by atoms with E-state index in [1.54, 1.807) is 17.0 Å². The second-order valence-corrected chi connectivity index (χ2v) is 11.0. The van der Waals surface area contributed by atoms with Gasteiger partial charge in [0, 0.05) is 38.1 Å². The van der Waals surface area contributed by atoms with Crippen LogP contribution in [0, 0.1) is 5.92 Å². The number of carbonyl (C=O) groups is 1. The van der Waals surface area contributed by atoms with Crippen molar-refractivity contribution in [3.05, 3.63) is 41.8 Å². The molecule has 0 saturated carbocycles. The van der Waals surface area contributed by atoms with Crippen molar-refractivity contribution < 1.29 is 26.4 Å². The highest BCUT2D eigenvalue weighted by molar-refractivity contribution is 7.92. The average Bonchev–Trinajstić information content (AvgIpc) is 3.23. The quantitative estimate of drug-likeness (QED) is 0.595. The molecule has 0 radical (unpaired) electrons. The van der Waals surface area contributed by atoms with Gasteiger partial charge in [-0.2, -0.15) is 4.31 Å². The van der Waals surface area contributed by atoms with Crippen molar-refractivity contribution in [1.29, 1.82) is 0 Å². The Hall–Kier alpha value is -1.79. The van der Waals surface area contributed by atoms with Crippen molar-refractivity contribution in [3.8, 4) is 0 Å². The standard InChI is InChI=1S/C19H27N3O6S2/c1-2-29(24,25)20-14-17-7-8-22(15-17)30(26,27)18-5-3-16(4-6-18)13-19(23)21-9-11-28-12-10-21/h2-6,17,20H,1,7-15H2. The second-order valence-electron chi connectivity index (χ2n) is 7.39. The van der Waals surface area contributed by atoms with Crippen molar-refractivity contribution in [1.82, 2.24) is 13.9 Å². The third-order valence-electron chi connectivity index (χ3n) is 5.32. The van der Waals surface area contributed by atoms with Gasteiger partial charge in [0.05, 0.1) is 24.5 Å². The number of hydrogen-bond acceptors (Lipinski definition) is 6. The molecular weight excluding hydrogens is 430 g/mol. The zero-order chi connectivity index (χ0) is 21.8. The predicted molar refractivity (Wildman–Crippen MR) is 112 cm³/mol. The van der Waals surface area contributed by atoms with E-state index in [9.17, 15) is 21.6 Å². The summed E-state index contributed by atoms with van der Waals surface area (Å²) in [6, 6.07) is 6.37. The van der Waals surface area contributed by atoms with Gasteiger partial charge in [-0.3, -0.25) is 4.79 Å². The number of sulfonamides is 2. The largest absolute Gasteiger partial charge is 0.378 e. The van der Waals surface area contributed by atoms with Crippen LogP contribution in [0.2, 0.25) is 0 Å². The van der Waals surface area contributed by atoms with Gasteiger partial charge in [-0.1, -0.05) is 18.7 Å². The van der Waals surface area contributed by atoms with E-state index in [0.29, 0.717) is 39.3 Å². The number of rotatable bonds is 8. The summed E-state index contributed by atoms with van der Waals surface area (Å²) in [7, 11) is -7.20. The molecule has 2 aliphatic rings. The van der Waals surface area contributed by atoms with Crippen molar-refractivity contribution in [3.63, 3.8) is 0 Å². The van der Waals surface area contributed by atoms with Gasteiger partial charge in [-0.05, 0) is 30.0 Å². The van der Waals surface area contributed by atoms with Crippen LogP contribution in [0.15, 0.2) is 41.1 Å². The Morgan fingerprint density at radius 3 is 2.43 bits per heavy atom. The molecule has 2 heterocycles. The molecule has 0 bridgehead atoms. The number of amides is 1. The first-order valence-electron chi connectivity index (χ1n) is 9.78. The maximum atomic E-state index is 12.9. The maximum absolute atomic E-state index is 12.9. The van der Waals surface area contributed by atoms with E-state index in [-0.39, 0.29) is 36.2 Å². The van der Waals surface area contributed by atoms with Crippen LogP contribution >= 0.6 is 0 Å². The van der Waals surface area contributed by atoms with Gasteiger partial charge in [0.25, 0.3) is 0 Å². The van der Waals surface area contributed by atoms with Gasteiger partial charge in [-0.25, -0.2) is 21.6 Å². The first kappa shape index (κ1) is 22.9. The molecule has 2 aliphatic heterocycles. The second kappa shape index (κ2) is 9.56. The number of hydrogen-bond donors (Lipinski definition) is 1. The van der Waals surface area contributed by atoms with E-state index in [0.717, 1.165) is 11.0 Å². The molecule has 11 heteroatoms. The molecule has 9 nitrogen and oxygen atoms in total. The van der Waals surface area contributed by atoms with Crippen LogP contribution in [-0.2, 0) is 36.0 Å². The zero-order valence-electron chi connectivity index (χ0n) is 16.7. The molecule has 2 saturated heterocycles. The minimum atomic E-state index is -3.67. The zero-order valence-corrected chi connectivity index (χ0v) is 18.3. The van der Waals surface area contributed by atoms with Crippen LogP contribution in [0.1, 0.15) is 12.0 Å². The summed E-state index contributed by atoms with van der Waals surface area (Å²) in [4.78, 5) is 14.3. The third-order valence-corrected chi connectivity index (χ3v) is 8.21. The number of morpholine rings is 1. The van der Waals surface area contributed by atoms with Crippen LogP contribution < -0.4 is 4.72 Å². The lowest BCUT2D eigenvalue weighted by atomic mass is 10.1. The monoisotopic (exact) mass is 457 g/mol. The van der Waals surface area contributed by atoms with Crippen LogP contribution in [0.5, 0.6) is 0 Å². The molecule has 2 fully saturated rings. The summed E-state index contributed by atoms with van der Waals surface area (Å²) in [5.41, 5.74) is 0.753. The normalized spacial score (nSPS) is 20.9. The van der Waals surface area contributed by atoms with Gasteiger partial charge in [0.1, 0.15) is 0 Å². The Morgan fingerprint density at radius 2 is 1.80 bits per heavy atom. The van der Waals surface area contributed by atoms with Gasteiger partial charge in [-0.15, -0.1) is 0 Å². The molecule has 166 valence electrons. The Bertz CT molecular complexity index is 970. The average molecular weight is 458 g/mol. The molecule has 1 aromatic carbocycles. The molecule has 1 N–H and O–H groups in total. The number of carbonyl (C=O) groups excluding carboxylic acids is 1. The lowest BCUT2D eigenvalue weighted by Gasteiger charge is -2.26. The molecule has 30 heavy (non-hydrogen) atoms. The summed E-state index contributed by atoms with van der Waals surface area (Å²) < 4.78 is 57.8. The number of benzene rings is 1. The molecule has 0 spiro atoms. The molecule has 1 unspecified atom stereocenters. The molecule has 1 atom stereocenters. The van der Waals surface area contributed by atoms with Crippen molar-refractivity contribution in [2.45, 2.75) is 17.7 Å². The van der Waals surface area contributed by atoms with Gasteiger partial charge < -0.3 is 9.64 Å². The van der Waals surface area contributed by atoms with Crippen molar-refractivity contribution in [2.24, 2.45) is 5.92 Å². The molecule has 0 aliphatic carbocycles. The number of ether oxygens (including phenoxy) is 1. The summed E-state index contributed by atoms with van der Waals surface area (Å²) >= 11 is 0. The summed E-state index contributed by atoms with van der Waals surface area (Å²) in [6.45, 7) is 6.21. The van der Waals surface area contributed by atoms with E-state index >= 15 is 0 Å². The summed E-state index contributed by atoms with van der Waals surface area (Å²) in [6.07, 6.45) is 0.792. The van der Waals surface area contributed by atoms with Gasteiger partial charge in [0.2, 0.25) is 26.0 Å². The van der Waals surface area contributed by atoms with Crippen LogP contribution in [0.3, 0.4) is 0 Å². The highest BCUT2D eigenvalue weighted by atomic mass is 32.2. The fourth-order valence-electron chi connectivity index (χ4n) is 3.50.